The van der Waals surface area contributed by atoms with Crippen molar-refractivity contribution in [1.82, 2.24) is 55.5 Å². The first-order chi connectivity index (χ1) is 56.6. The van der Waals surface area contributed by atoms with Crippen LogP contribution < -0.4 is 47.1 Å². The van der Waals surface area contributed by atoms with E-state index in [-0.39, 0.29) is 102 Å². The minimum Gasteiger partial charge on any atom is -0.495 e. The fourth-order valence-electron chi connectivity index (χ4n) is 14.7. The molecular formula is C85H94N14O16S2. The monoisotopic (exact) mass is 1630 g/mol. The lowest BCUT2D eigenvalue weighted by Crippen LogP contribution is -2.55. The summed E-state index contributed by atoms with van der Waals surface area (Å²) in [6.07, 6.45) is 6.94. The fourth-order valence-corrected chi connectivity index (χ4v) is 16.7. The Morgan fingerprint density at radius 1 is 0.735 bits per heavy atom. The molecule has 8 N–H and O–H groups in total. The maximum absolute atomic E-state index is 14.1. The number of rotatable bonds is 37. The van der Waals surface area contributed by atoms with Crippen LogP contribution in [0.25, 0.3) is 32.9 Å². The number of H-pyrrole nitrogens is 1. The van der Waals surface area contributed by atoms with E-state index < -0.39 is 78.1 Å². The lowest BCUT2D eigenvalue weighted by Gasteiger charge is -2.45. The van der Waals surface area contributed by atoms with Crippen molar-refractivity contribution in [1.29, 1.82) is 0 Å². The van der Waals surface area contributed by atoms with Crippen LogP contribution in [0.3, 0.4) is 0 Å². The molecule has 13 rings (SSSR count). The highest BCUT2D eigenvalue weighted by Gasteiger charge is 2.46. The number of nitrogens with two attached hydrogens (primary N) is 1. The Balaban J connectivity index is 0.638. The number of methoxy groups -OCH3 is 1. The van der Waals surface area contributed by atoms with Gasteiger partial charge in [0.1, 0.15) is 30.7 Å². The predicted octanol–water partition coefficient (Wildman–Crippen LogP) is 7.51. The number of hydrogen-bond donors (Lipinski definition) is 7. The number of aliphatic carboxylic acids is 1. The van der Waals surface area contributed by atoms with Crippen LogP contribution in [0.1, 0.15) is 94.4 Å². The van der Waals surface area contributed by atoms with E-state index in [0.29, 0.717) is 74.5 Å². The van der Waals surface area contributed by atoms with E-state index in [9.17, 15) is 47.9 Å². The van der Waals surface area contributed by atoms with E-state index >= 15 is 0 Å². The number of amides is 9. The van der Waals surface area contributed by atoms with Crippen molar-refractivity contribution in [3.63, 3.8) is 0 Å². The number of thioether (sulfide) groups is 2. The van der Waals surface area contributed by atoms with Crippen molar-refractivity contribution in [3.05, 3.63) is 183 Å². The number of benzene rings is 5. The normalized spacial score (nSPS) is 16.8. The summed E-state index contributed by atoms with van der Waals surface area (Å²) in [4.78, 5) is 155. The molecule has 0 unspecified atom stereocenters. The second-order valence-electron chi connectivity index (χ2n) is 29.4. The number of pyridine rings is 1. The van der Waals surface area contributed by atoms with Crippen LogP contribution in [0, 0.1) is 11.8 Å². The summed E-state index contributed by atoms with van der Waals surface area (Å²) in [6, 6.07) is 39.8. The summed E-state index contributed by atoms with van der Waals surface area (Å²) in [7, 11) is 3.19. The number of primary amides is 1. The number of carbonyl (C=O) groups excluding carboxylic acids is 8. The molecule has 0 spiro atoms. The number of hydrogen-bond acceptors (Lipinski definition) is 22. The van der Waals surface area contributed by atoms with E-state index in [1.807, 2.05) is 121 Å². The second-order valence-corrected chi connectivity index (χ2v) is 31.6. The largest absolute Gasteiger partial charge is 0.495 e. The average Bonchev–Trinajstić information content (AvgIpc) is 1.54. The third kappa shape index (κ3) is 20.8. The number of piperidine rings is 2. The number of fused-ring (bicyclic) bond motifs is 2. The third-order valence-electron chi connectivity index (χ3n) is 21.2. The fraction of sp³-hybridized carbons (Fsp3) is 0.388. The van der Waals surface area contributed by atoms with E-state index in [4.69, 9.17) is 44.5 Å². The van der Waals surface area contributed by atoms with Gasteiger partial charge in [-0.3, -0.25) is 53.0 Å². The number of imide groups is 2. The number of anilines is 2. The van der Waals surface area contributed by atoms with Gasteiger partial charge in [-0.25, -0.2) is 19.7 Å². The maximum Gasteiger partial charge on any atom is 0.332 e. The molecule has 8 aromatic rings. The van der Waals surface area contributed by atoms with Gasteiger partial charge >= 0.3 is 12.0 Å². The minimum absolute atomic E-state index is 0.00869. The minimum atomic E-state index is -1.43. The number of carboxylic acid groups (broad SMARTS) is 1. The summed E-state index contributed by atoms with van der Waals surface area (Å²) in [5, 5.41) is 21.9. The summed E-state index contributed by atoms with van der Waals surface area (Å²) in [6.45, 7) is 4.91. The van der Waals surface area contributed by atoms with Gasteiger partial charge in [0.2, 0.25) is 35.5 Å². The van der Waals surface area contributed by atoms with E-state index in [2.05, 4.69) is 54.8 Å². The maximum atomic E-state index is 14.1. The number of likely N-dealkylation sites (tertiary alicyclic amines) is 1. The molecule has 1 saturated carbocycles. The number of carboxylic acids is 1. The molecule has 7 heterocycles. The van der Waals surface area contributed by atoms with Crippen LogP contribution in [0.5, 0.6) is 5.75 Å². The molecule has 4 aliphatic heterocycles. The summed E-state index contributed by atoms with van der Waals surface area (Å²) < 4.78 is 32.5. The molecular weight excluding hydrogens is 1540 g/mol. The van der Waals surface area contributed by atoms with Gasteiger partial charge in [-0.2, -0.15) is 0 Å². The van der Waals surface area contributed by atoms with E-state index in [0.717, 1.165) is 88.4 Å². The van der Waals surface area contributed by atoms with E-state index in [1.54, 1.807) is 36.0 Å². The van der Waals surface area contributed by atoms with Crippen LogP contribution >= 0.6 is 23.5 Å². The van der Waals surface area contributed by atoms with Gasteiger partial charge in [0.15, 0.2) is 5.60 Å². The molecule has 0 bridgehead atoms. The molecule has 2 atom stereocenters. The van der Waals surface area contributed by atoms with Crippen LogP contribution in [-0.4, -0.2) is 216 Å². The Morgan fingerprint density at radius 3 is 2.09 bits per heavy atom. The number of ether oxygens (including phenoxy) is 5. The van der Waals surface area contributed by atoms with Crippen LogP contribution in [0.2, 0.25) is 0 Å². The second kappa shape index (κ2) is 38.7. The molecule has 117 heavy (non-hydrogen) atoms. The Hall–Kier alpha value is -11.3. The number of aromatic nitrogens is 4. The van der Waals surface area contributed by atoms with Crippen molar-refractivity contribution in [2.75, 3.05) is 109 Å². The number of nitrogens with zero attached hydrogens (tertiary/aromatic N) is 8. The molecule has 1 aliphatic carbocycles. The van der Waals surface area contributed by atoms with Gasteiger partial charge in [-0.15, -0.1) is 0 Å². The van der Waals surface area contributed by atoms with Crippen molar-refractivity contribution >= 4 is 110 Å². The zero-order chi connectivity index (χ0) is 82.2. The van der Waals surface area contributed by atoms with Gasteiger partial charge in [0, 0.05) is 115 Å². The molecule has 5 aromatic carbocycles. The summed E-state index contributed by atoms with van der Waals surface area (Å²) >= 11 is 2.49. The first-order valence-electron chi connectivity index (χ1n) is 39.0. The Morgan fingerprint density at radius 2 is 1.42 bits per heavy atom. The number of aromatic amines is 1. The first kappa shape index (κ1) is 83.7. The summed E-state index contributed by atoms with van der Waals surface area (Å²) in [5.41, 5.74) is 8.81. The molecule has 9 amide bonds. The smallest absolute Gasteiger partial charge is 0.332 e. The highest BCUT2D eigenvalue weighted by atomic mass is 32.2. The highest BCUT2D eigenvalue weighted by Crippen LogP contribution is 2.46. The molecule has 5 aliphatic rings. The zero-order valence-corrected chi connectivity index (χ0v) is 66.9. The molecule has 32 heteroatoms. The lowest BCUT2D eigenvalue weighted by molar-refractivity contribution is -0.139. The average molecular weight is 1630 g/mol. The Labute approximate surface area is 684 Å². The van der Waals surface area contributed by atoms with Gasteiger partial charge in [0.25, 0.3) is 17.4 Å². The topological polar surface area (TPSA) is 374 Å². The number of aryl methyl sites for hydroxylation is 1. The van der Waals surface area contributed by atoms with Crippen molar-refractivity contribution < 1.29 is 71.9 Å². The van der Waals surface area contributed by atoms with Gasteiger partial charge in [0.05, 0.1) is 98.9 Å². The quantitative estimate of drug-likeness (QED) is 0.00856. The van der Waals surface area contributed by atoms with Gasteiger partial charge < -0.3 is 75.1 Å². The molecule has 3 aromatic heterocycles. The number of nitrogens with one attached hydrogen (secondary N) is 5. The van der Waals surface area contributed by atoms with Crippen LogP contribution in [-0.2, 0) is 70.0 Å². The Kier molecular flexibility index (Phi) is 27.6. The number of carbonyl (C=O) groups is 9. The molecule has 612 valence electrons. The lowest BCUT2D eigenvalue weighted by atomic mass is 9.87. The van der Waals surface area contributed by atoms with Crippen molar-refractivity contribution in [2.45, 2.75) is 117 Å². The van der Waals surface area contributed by atoms with E-state index in [1.165, 1.54) is 40.4 Å². The Bertz CT molecular complexity index is 5090. The predicted molar refractivity (Wildman–Crippen MR) is 439 cm³/mol. The summed E-state index contributed by atoms with van der Waals surface area (Å²) in [5.74, 6) is 2.20. The number of urea groups is 1. The standard InChI is InChI=1S/C85H94N14O16S2/c1-84(90-36-13-14-55-21-26-68(111-3)67(48-55)97-40-32-72(103)99(83(97)110)53-88-70(101)27-28-73(104)105)34-41-95(42-35-84)58-30-38-96(39-31-58)82-92-65-25-22-56(64-51-94(2)79(107)74-62(64)29-37-87-74)49-63(65)77(93-82)85(115-59-23-24-59,57-15-7-4-8-16-57)52-114-54-89-78(106)66(50-69(86)100)91-71(102)33-44-112-46-47-113-45-43-98-80(108)75(116-60-17-9-5-10-18-60)76(81(98)109)117-61-19-11-6-12-20-61/h4-12,15-22,25-26,29,37,48-49,51,58-59,66,87,90H,23-24,27-28,30-36,38-47,50,52-54H2,1-3H3,(H2,86,100)(H,88,101)(H,89,106)(H,91,102)(H,104,105)/t66-,85-/m0/s1. The molecule has 0 radical (unpaired) electrons. The highest BCUT2D eigenvalue weighted by molar-refractivity contribution is 8.08. The first-order valence-corrected chi connectivity index (χ1v) is 40.7. The molecule has 4 fully saturated rings. The molecule has 3 saturated heterocycles. The molecule has 30 nitrogen and oxygen atoms in total. The van der Waals surface area contributed by atoms with Crippen LogP contribution in [0.15, 0.2) is 170 Å². The van der Waals surface area contributed by atoms with Crippen molar-refractivity contribution in [2.24, 2.45) is 12.8 Å². The van der Waals surface area contributed by atoms with Gasteiger partial charge in [-0.1, -0.05) is 108 Å². The zero-order valence-electron chi connectivity index (χ0n) is 65.3. The SMILES string of the molecule is COc1ccc(C#CCNC2(C)CCN(C3CCN(c4nc([C@@](COCNC(=O)[C@H](CC(N)=O)NC(=O)CCOCCOCCN5C(=O)C(Sc6ccccc6)=C(Sc6ccccc6)C5=O)(OC5CC5)c5ccccc5)c5cc(-c6cn(C)c(=O)c7[nH]ccc67)ccc5n4)CC3)CC2)cc1N1CCC(=O)N(CNC(=O)CCC(=O)O)C1=O. The third-order valence-corrected chi connectivity index (χ3v) is 23.5. The van der Waals surface area contributed by atoms with Crippen molar-refractivity contribution in [3.8, 4) is 28.7 Å². The van der Waals surface area contributed by atoms with Crippen LogP contribution in [0.4, 0.5) is 16.4 Å². The van der Waals surface area contributed by atoms with Gasteiger partial charge in [-0.05, 0) is 117 Å².